The Hall–Kier alpha value is -1.42. The predicted molar refractivity (Wildman–Crippen MR) is 71.9 cm³/mol. The van der Waals surface area contributed by atoms with Crippen molar-refractivity contribution in [1.29, 1.82) is 0 Å². The fourth-order valence-electron chi connectivity index (χ4n) is 1.98. The molecule has 0 amide bonds. The second-order valence-corrected chi connectivity index (χ2v) is 4.94. The first-order valence-corrected chi connectivity index (χ1v) is 6.03. The van der Waals surface area contributed by atoms with E-state index in [1.165, 1.54) is 12.8 Å². The van der Waals surface area contributed by atoms with Crippen LogP contribution in [0.15, 0.2) is 18.2 Å². The van der Waals surface area contributed by atoms with E-state index in [-0.39, 0.29) is 0 Å². The summed E-state index contributed by atoms with van der Waals surface area (Å²) in [6.07, 6.45) is 3.70. The molecule has 1 aromatic carbocycles. The van der Waals surface area contributed by atoms with Crippen molar-refractivity contribution in [2.24, 2.45) is 5.41 Å². The molecule has 5 N–H and O–H groups in total. The van der Waals surface area contributed by atoms with Gasteiger partial charge >= 0.3 is 0 Å². The number of ether oxygens (including phenoxy) is 1. The smallest absolute Gasteiger partial charge is 0.0568 e. The molecule has 0 atom stereocenters. The number of benzene rings is 1. The lowest BCUT2D eigenvalue weighted by atomic mass is 10.0. The molecule has 0 aromatic heterocycles. The van der Waals surface area contributed by atoms with Gasteiger partial charge in [0.25, 0.3) is 0 Å². The van der Waals surface area contributed by atoms with Crippen LogP contribution < -0.4 is 16.8 Å². The van der Waals surface area contributed by atoms with E-state index >= 15 is 0 Å². The van der Waals surface area contributed by atoms with Crippen molar-refractivity contribution in [3.63, 3.8) is 0 Å². The minimum Gasteiger partial charge on any atom is -0.397 e. The van der Waals surface area contributed by atoms with E-state index in [1.54, 1.807) is 7.11 Å². The molecule has 4 nitrogen and oxygen atoms in total. The van der Waals surface area contributed by atoms with Crippen LogP contribution in [0.2, 0.25) is 0 Å². The average molecular weight is 235 g/mol. The second kappa shape index (κ2) is 4.84. The van der Waals surface area contributed by atoms with Gasteiger partial charge in [0, 0.05) is 25.9 Å². The van der Waals surface area contributed by atoms with Crippen LogP contribution in [0, 0.1) is 5.41 Å². The highest BCUT2D eigenvalue weighted by molar-refractivity contribution is 5.69. The molecular formula is C13H21N3O. The minimum absolute atomic E-state index is 0.437. The molecule has 0 saturated heterocycles. The highest BCUT2D eigenvalue weighted by Crippen LogP contribution is 2.48. The summed E-state index contributed by atoms with van der Waals surface area (Å²) in [4.78, 5) is 0. The van der Waals surface area contributed by atoms with Gasteiger partial charge in [-0.1, -0.05) is 0 Å². The third-order valence-electron chi connectivity index (χ3n) is 3.55. The number of nitrogens with two attached hydrogens (primary N) is 2. The van der Waals surface area contributed by atoms with Gasteiger partial charge in [-0.05, 0) is 42.9 Å². The standard InChI is InChI=1S/C13H21N3O/c1-17-7-6-13(4-5-13)9-16-10-2-3-11(14)12(15)8-10/h2-3,8,16H,4-7,9,14-15H2,1H3. The summed E-state index contributed by atoms with van der Waals surface area (Å²) in [6.45, 7) is 1.82. The van der Waals surface area contributed by atoms with Crippen molar-refractivity contribution >= 4 is 17.1 Å². The molecule has 0 radical (unpaired) electrons. The van der Waals surface area contributed by atoms with Crippen molar-refractivity contribution in [2.75, 3.05) is 37.0 Å². The second-order valence-electron chi connectivity index (χ2n) is 4.94. The number of nitrogen functional groups attached to an aromatic ring is 2. The van der Waals surface area contributed by atoms with Crippen LogP contribution in [0.1, 0.15) is 19.3 Å². The van der Waals surface area contributed by atoms with Crippen molar-refractivity contribution in [2.45, 2.75) is 19.3 Å². The molecule has 94 valence electrons. The van der Waals surface area contributed by atoms with E-state index in [0.717, 1.165) is 25.3 Å². The van der Waals surface area contributed by atoms with E-state index in [4.69, 9.17) is 16.2 Å². The molecule has 1 aromatic rings. The normalized spacial score (nSPS) is 16.8. The molecule has 0 spiro atoms. The first kappa shape index (κ1) is 12.0. The lowest BCUT2D eigenvalue weighted by Gasteiger charge is -2.16. The Morgan fingerprint density at radius 1 is 1.29 bits per heavy atom. The van der Waals surface area contributed by atoms with E-state index in [9.17, 15) is 0 Å². The number of hydrogen-bond donors (Lipinski definition) is 3. The van der Waals surface area contributed by atoms with Crippen LogP contribution in [-0.2, 0) is 4.74 Å². The van der Waals surface area contributed by atoms with Crippen molar-refractivity contribution in [3.05, 3.63) is 18.2 Å². The minimum atomic E-state index is 0.437. The topological polar surface area (TPSA) is 73.3 Å². The highest BCUT2D eigenvalue weighted by atomic mass is 16.5. The molecule has 0 unspecified atom stereocenters. The Balaban J connectivity index is 1.87. The van der Waals surface area contributed by atoms with Gasteiger partial charge in [0.15, 0.2) is 0 Å². The number of anilines is 3. The quantitative estimate of drug-likeness (QED) is 0.660. The van der Waals surface area contributed by atoms with Gasteiger partial charge in [-0.15, -0.1) is 0 Å². The van der Waals surface area contributed by atoms with Gasteiger partial charge in [0.05, 0.1) is 11.4 Å². The van der Waals surface area contributed by atoms with Crippen LogP contribution in [0.25, 0.3) is 0 Å². The van der Waals surface area contributed by atoms with Gasteiger partial charge in [0.1, 0.15) is 0 Å². The van der Waals surface area contributed by atoms with Crippen LogP contribution in [0.4, 0.5) is 17.1 Å². The van der Waals surface area contributed by atoms with Crippen molar-refractivity contribution < 1.29 is 4.74 Å². The summed E-state index contributed by atoms with van der Waals surface area (Å²) in [5, 5.41) is 3.43. The van der Waals surface area contributed by atoms with E-state index < -0.39 is 0 Å². The van der Waals surface area contributed by atoms with E-state index in [1.807, 2.05) is 18.2 Å². The van der Waals surface area contributed by atoms with Gasteiger partial charge in [-0.25, -0.2) is 0 Å². The first-order valence-electron chi connectivity index (χ1n) is 6.03. The summed E-state index contributed by atoms with van der Waals surface area (Å²) in [5.74, 6) is 0. The lowest BCUT2D eigenvalue weighted by Crippen LogP contribution is -2.17. The number of rotatable bonds is 6. The zero-order valence-electron chi connectivity index (χ0n) is 10.3. The van der Waals surface area contributed by atoms with Crippen molar-refractivity contribution in [3.8, 4) is 0 Å². The maximum absolute atomic E-state index is 5.77. The molecule has 0 heterocycles. The maximum Gasteiger partial charge on any atom is 0.0568 e. The highest BCUT2D eigenvalue weighted by Gasteiger charge is 2.41. The monoisotopic (exact) mass is 235 g/mol. The molecule has 1 saturated carbocycles. The molecular weight excluding hydrogens is 214 g/mol. The van der Waals surface area contributed by atoms with Gasteiger partial charge in [0.2, 0.25) is 0 Å². The SMILES string of the molecule is COCCC1(CNc2ccc(N)c(N)c2)CC1. The lowest BCUT2D eigenvalue weighted by molar-refractivity contribution is 0.175. The zero-order chi connectivity index (χ0) is 12.3. The Bertz CT molecular complexity index is 388. The molecule has 1 aliphatic carbocycles. The largest absolute Gasteiger partial charge is 0.397 e. The predicted octanol–water partition coefficient (Wildman–Crippen LogP) is 2.08. The van der Waals surface area contributed by atoms with Crippen LogP contribution in [0.5, 0.6) is 0 Å². The molecule has 0 bridgehead atoms. The summed E-state index contributed by atoms with van der Waals surface area (Å²) in [7, 11) is 1.75. The Morgan fingerprint density at radius 3 is 2.65 bits per heavy atom. The fourth-order valence-corrected chi connectivity index (χ4v) is 1.98. The third-order valence-corrected chi connectivity index (χ3v) is 3.55. The van der Waals surface area contributed by atoms with E-state index in [2.05, 4.69) is 5.32 Å². The number of methoxy groups -OCH3 is 1. The van der Waals surface area contributed by atoms with Gasteiger partial charge in [-0.3, -0.25) is 0 Å². The number of nitrogens with one attached hydrogen (secondary N) is 1. The third kappa shape index (κ3) is 3.03. The maximum atomic E-state index is 5.77. The van der Waals surface area contributed by atoms with Crippen LogP contribution in [-0.4, -0.2) is 20.3 Å². The Morgan fingerprint density at radius 2 is 2.06 bits per heavy atom. The fraction of sp³-hybridized carbons (Fsp3) is 0.538. The molecule has 1 fully saturated rings. The Labute approximate surface area is 102 Å². The summed E-state index contributed by atoms with van der Waals surface area (Å²) < 4.78 is 5.14. The van der Waals surface area contributed by atoms with Crippen LogP contribution in [0.3, 0.4) is 0 Å². The van der Waals surface area contributed by atoms with Gasteiger partial charge in [-0.2, -0.15) is 0 Å². The van der Waals surface area contributed by atoms with E-state index in [0.29, 0.717) is 16.8 Å². The summed E-state index contributed by atoms with van der Waals surface area (Å²) in [6, 6.07) is 5.70. The zero-order valence-corrected chi connectivity index (χ0v) is 10.3. The molecule has 17 heavy (non-hydrogen) atoms. The van der Waals surface area contributed by atoms with Crippen molar-refractivity contribution in [1.82, 2.24) is 0 Å². The molecule has 1 aliphatic rings. The number of hydrogen-bond acceptors (Lipinski definition) is 4. The van der Waals surface area contributed by atoms with Crippen LogP contribution >= 0.6 is 0 Å². The first-order chi connectivity index (χ1) is 8.15. The summed E-state index contributed by atoms with van der Waals surface area (Å²) in [5.41, 5.74) is 14.2. The Kier molecular flexibility index (Phi) is 3.43. The van der Waals surface area contributed by atoms with Gasteiger partial charge < -0.3 is 21.5 Å². The molecule has 4 heteroatoms. The summed E-state index contributed by atoms with van der Waals surface area (Å²) >= 11 is 0. The molecule has 2 rings (SSSR count). The average Bonchev–Trinajstić information content (AvgIpc) is 3.09. The molecule has 0 aliphatic heterocycles.